The monoisotopic (exact) mass is 219 g/mol. The van der Waals surface area contributed by atoms with Gasteiger partial charge in [-0.25, -0.2) is 0 Å². The normalized spacial score (nSPS) is 19.4. The molecule has 0 aromatic heterocycles. The van der Waals surface area contributed by atoms with E-state index in [2.05, 4.69) is 12.1 Å². The second-order valence-corrected chi connectivity index (χ2v) is 4.70. The van der Waals surface area contributed by atoms with E-state index in [1.165, 1.54) is 37.7 Å². The van der Waals surface area contributed by atoms with Crippen molar-refractivity contribution in [2.24, 2.45) is 11.7 Å². The highest BCUT2D eigenvalue weighted by atomic mass is 16.5. The SMILES string of the molecule is COc1ccc([C@H](N)C2CCCCC2)cc1. The minimum atomic E-state index is 0.200. The fourth-order valence-electron chi connectivity index (χ4n) is 2.59. The largest absolute Gasteiger partial charge is 0.497 e. The van der Waals surface area contributed by atoms with Gasteiger partial charge in [-0.15, -0.1) is 0 Å². The molecule has 0 spiro atoms. The molecule has 16 heavy (non-hydrogen) atoms. The maximum absolute atomic E-state index is 6.32. The van der Waals surface area contributed by atoms with Gasteiger partial charge in [0, 0.05) is 6.04 Å². The zero-order chi connectivity index (χ0) is 11.4. The molecule has 1 atom stereocenters. The fourth-order valence-corrected chi connectivity index (χ4v) is 2.59. The van der Waals surface area contributed by atoms with Crippen molar-refractivity contribution in [1.82, 2.24) is 0 Å². The standard InChI is InChI=1S/C14H21NO/c1-16-13-9-7-12(8-10-13)14(15)11-5-3-2-4-6-11/h7-11,14H,2-6,15H2,1H3/t14-/m1/s1. The lowest BCUT2D eigenvalue weighted by Crippen LogP contribution is -2.23. The second-order valence-electron chi connectivity index (χ2n) is 4.70. The Hall–Kier alpha value is -1.02. The summed E-state index contributed by atoms with van der Waals surface area (Å²) in [6, 6.07) is 8.39. The fraction of sp³-hybridized carbons (Fsp3) is 0.571. The zero-order valence-corrected chi connectivity index (χ0v) is 9.99. The number of methoxy groups -OCH3 is 1. The quantitative estimate of drug-likeness (QED) is 0.846. The van der Waals surface area contributed by atoms with Crippen molar-refractivity contribution in [3.05, 3.63) is 29.8 Å². The molecule has 2 rings (SSSR count). The van der Waals surface area contributed by atoms with Gasteiger partial charge < -0.3 is 10.5 Å². The van der Waals surface area contributed by atoms with E-state index < -0.39 is 0 Å². The van der Waals surface area contributed by atoms with E-state index in [9.17, 15) is 0 Å². The van der Waals surface area contributed by atoms with Crippen LogP contribution in [0.15, 0.2) is 24.3 Å². The minimum Gasteiger partial charge on any atom is -0.497 e. The summed E-state index contributed by atoms with van der Waals surface area (Å²) in [4.78, 5) is 0. The molecule has 0 aliphatic heterocycles. The third kappa shape index (κ3) is 2.56. The summed E-state index contributed by atoms with van der Waals surface area (Å²) in [5.74, 6) is 1.57. The van der Waals surface area contributed by atoms with Crippen LogP contribution in [-0.2, 0) is 0 Å². The number of rotatable bonds is 3. The topological polar surface area (TPSA) is 35.2 Å². The first-order chi connectivity index (χ1) is 7.81. The molecule has 1 aliphatic rings. The Balaban J connectivity index is 2.04. The first kappa shape index (κ1) is 11.5. The second kappa shape index (κ2) is 5.35. The number of benzene rings is 1. The van der Waals surface area contributed by atoms with E-state index in [1.54, 1.807) is 7.11 Å². The smallest absolute Gasteiger partial charge is 0.118 e. The van der Waals surface area contributed by atoms with Crippen LogP contribution in [-0.4, -0.2) is 7.11 Å². The van der Waals surface area contributed by atoms with Gasteiger partial charge in [-0.05, 0) is 36.5 Å². The van der Waals surface area contributed by atoms with Crippen LogP contribution in [0.4, 0.5) is 0 Å². The maximum atomic E-state index is 6.32. The van der Waals surface area contributed by atoms with Crippen molar-refractivity contribution in [2.45, 2.75) is 38.1 Å². The first-order valence-corrected chi connectivity index (χ1v) is 6.21. The summed E-state index contributed by atoms with van der Waals surface area (Å²) in [5.41, 5.74) is 7.56. The zero-order valence-electron chi connectivity index (χ0n) is 9.99. The highest BCUT2D eigenvalue weighted by molar-refractivity contribution is 5.29. The van der Waals surface area contributed by atoms with Crippen LogP contribution in [0.5, 0.6) is 5.75 Å². The first-order valence-electron chi connectivity index (χ1n) is 6.21. The summed E-state index contributed by atoms with van der Waals surface area (Å²) in [6.07, 6.45) is 6.63. The Morgan fingerprint density at radius 1 is 1.12 bits per heavy atom. The molecule has 0 bridgehead atoms. The molecule has 1 aliphatic carbocycles. The van der Waals surface area contributed by atoms with Gasteiger partial charge in [0.1, 0.15) is 5.75 Å². The van der Waals surface area contributed by atoms with Crippen LogP contribution in [0.1, 0.15) is 43.7 Å². The Labute approximate surface area is 97.8 Å². The Kier molecular flexibility index (Phi) is 3.83. The van der Waals surface area contributed by atoms with Gasteiger partial charge in [-0.3, -0.25) is 0 Å². The maximum Gasteiger partial charge on any atom is 0.118 e. The molecule has 0 unspecified atom stereocenters. The van der Waals surface area contributed by atoms with Gasteiger partial charge in [0.15, 0.2) is 0 Å². The van der Waals surface area contributed by atoms with Crippen molar-refractivity contribution < 1.29 is 4.74 Å². The van der Waals surface area contributed by atoms with Crippen molar-refractivity contribution in [1.29, 1.82) is 0 Å². The average Bonchev–Trinajstić information content (AvgIpc) is 2.39. The molecule has 0 saturated heterocycles. The van der Waals surface area contributed by atoms with Crippen molar-refractivity contribution in [2.75, 3.05) is 7.11 Å². The molecule has 0 amide bonds. The van der Waals surface area contributed by atoms with Crippen LogP contribution < -0.4 is 10.5 Å². The summed E-state index contributed by atoms with van der Waals surface area (Å²) < 4.78 is 5.15. The predicted molar refractivity (Wildman–Crippen MR) is 66.5 cm³/mol. The molecule has 2 N–H and O–H groups in total. The third-order valence-corrected chi connectivity index (χ3v) is 3.66. The van der Waals surface area contributed by atoms with Crippen LogP contribution in [0, 0.1) is 5.92 Å². The van der Waals surface area contributed by atoms with Crippen LogP contribution in [0.25, 0.3) is 0 Å². The van der Waals surface area contributed by atoms with Gasteiger partial charge in [0.25, 0.3) is 0 Å². The Morgan fingerprint density at radius 2 is 1.75 bits per heavy atom. The molecule has 1 fully saturated rings. The number of ether oxygens (including phenoxy) is 1. The predicted octanol–water partition coefficient (Wildman–Crippen LogP) is 3.28. The van der Waals surface area contributed by atoms with Gasteiger partial charge in [0.2, 0.25) is 0 Å². The summed E-state index contributed by atoms with van der Waals surface area (Å²) in [5, 5.41) is 0. The summed E-state index contributed by atoms with van der Waals surface area (Å²) in [6.45, 7) is 0. The van der Waals surface area contributed by atoms with Crippen LogP contribution in [0.3, 0.4) is 0 Å². The average molecular weight is 219 g/mol. The molecule has 1 saturated carbocycles. The molecule has 0 radical (unpaired) electrons. The van der Waals surface area contributed by atoms with Gasteiger partial charge >= 0.3 is 0 Å². The minimum absolute atomic E-state index is 0.200. The van der Waals surface area contributed by atoms with Crippen molar-refractivity contribution in [3.8, 4) is 5.75 Å². The number of hydrogen-bond acceptors (Lipinski definition) is 2. The lowest BCUT2D eigenvalue weighted by atomic mass is 9.81. The molecule has 88 valence electrons. The summed E-state index contributed by atoms with van der Waals surface area (Å²) >= 11 is 0. The molecular formula is C14H21NO. The van der Waals surface area contributed by atoms with Crippen LogP contribution >= 0.6 is 0 Å². The highest BCUT2D eigenvalue weighted by Gasteiger charge is 2.21. The van der Waals surface area contributed by atoms with Gasteiger partial charge in [-0.1, -0.05) is 31.4 Å². The van der Waals surface area contributed by atoms with Gasteiger partial charge in [0.05, 0.1) is 7.11 Å². The van der Waals surface area contributed by atoms with Crippen LogP contribution in [0.2, 0.25) is 0 Å². The van der Waals surface area contributed by atoms with E-state index in [0.29, 0.717) is 5.92 Å². The van der Waals surface area contributed by atoms with E-state index in [-0.39, 0.29) is 6.04 Å². The van der Waals surface area contributed by atoms with E-state index in [0.717, 1.165) is 5.75 Å². The third-order valence-electron chi connectivity index (χ3n) is 3.66. The molecule has 2 heteroatoms. The number of hydrogen-bond donors (Lipinski definition) is 1. The Morgan fingerprint density at radius 3 is 2.31 bits per heavy atom. The molecule has 1 aromatic rings. The van der Waals surface area contributed by atoms with E-state index in [4.69, 9.17) is 10.5 Å². The van der Waals surface area contributed by atoms with Crippen molar-refractivity contribution >= 4 is 0 Å². The molecular weight excluding hydrogens is 198 g/mol. The molecule has 2 nitrogen and oxygen atoms in total. The lowest BCUT2D eigenvalue weighted by molar-refractivity contribution is 0.308. The summed E-state index contributed by atoms with van der Waals surface area (Å²) in [7, 11) is 1.69. The van der Waals surface area contributed by atoms with Gasteiger partial charge in [-0.2, -0.15) is 0 Å². The Bertz CT molecular complexity index is 314. The molecule has 1 aromatic carbocycles. The molecule has 0 heterocycles. The van der Waals surface area contributed by atoms with E-state index in [1.807, 2.05) is 12.1 Å². The van der Waals surface area contributed by atoms with E-state index >= 15 is 0 Å². The lowest BCUT2D eigenvalue weighted by Gasteiger charge is -2.27. The number of nitrogens with two attached hydrogens (primary N) is 1. The highest BCUT2D eigenvalue weighted by Crippen LogP contribution is 2.33. The van der Waals surface area contributed by atoms with Crippen molar-refractivity contribution in [3.63, 3.8) is 0 Å².